The van der Waals surface area contributed by atoms with Gasteiger partial charge >= 0.3 is 0 Å². The topological polar surface area (TPSA) is 180 Å². The van der Waals surface area contributed by atoms with Gasteiger partial charge in [-0.1, -0.05) is 23.7 Å². The molecule has 332 valence electrons. The Morgan fingerprint density at radius 2 is 1.73 bits per heavy atom. The van der Waals surface area contributed by atoms with Crippen molar-refractivity contribution in [3.63, 3.8) is 0 Å². The van der Waals surface area contributed by atoms with Gasteiger partial charge in [-0.05, 0) is 119 Å². The molecule has 3 saturated heterocycles. The number of nitrogens with one attached hydrogen (secondary N) is 3. The maximum absolute atomic E-state index is 13.2. The highest BCUT2D eigenvalue weighted by Crippen LogP contribution is 2.38. The summed E-state index contributed by atoms with van der Waals surface area (Å²) < 4.78 is 13.9. The standard InChI is InChI=1S/C46H54ClN9O7/c1-26(2)56-37-7-5-31(19-29(37)20-39(45(56)61)62-25-41(58)48-3)50-42-36(47)23-49-46(52-42)54-16-12-33(13-17-54)63-34-21-32(22-34)53-14-10-27(11-15-53)28-4-6-35-30(18-28)24-55(44(35)60)38-8-9-40(57)51-43(38)59/h4-7,18-20,23,26-27,32-34,38H,8-17,21-22,24-25H2,1-3H3,(H,48,58)(H,49,50,52)(H,51,57,59). The number of rotatable bonds is 12. The van der Waals surface area contributed by atoms with Crippen molar-refractivity contribution in [3.05, 3.63) is 80.7 Å². The molecule has 0 bridgehead atoms. The number of benzene rings is 2. The van der Waals surface area contributed by atoms with E-state index in [-0.39, 0.29) is 66.2 Å². The second-order valence-corrected chi connectivity index (χ2v) is 18.1. The van der Waals surface area contributed by atoms with Gasteiger partial charge in [0.25, 0.3) is 17.4 Å². The lowest BCUT2D eigenvalue weighted by molar-refractivity contribution is -0.137. The third-order valence-corrected chi connectivity index (χ3v) is 13.7. The number of piperidine rings is 3. The Kier molecular flexibility index (Phi) is 12.1. The number of anilines is 3. The monoisotopic (exact) mass is 879 g/mol. The number of ether oxygens (including phenoxy) is 2. The summed E-state index contributed by atoms with van der Waals surface area (Å²) in [5.74, 6) is 0.474. The molecule has 4 amide bonds. The lowest BCUT2D eigenvalue weighted by atomic mass is 9.83. The Labute approximate surface area is 370 Å². The van der Waals surface area contributed by atoms with E-state index in [1.165, 1.54) is 12.6 Å². The molecule has 1 saturated carbocycles. The molecule has 5 aliphatic rings. The summed E-state index contributed by atoms with van der Waals surface area (Å²) in [7, 11) is 1.52. The molecule has 0 spiro atoms. The van der Waals surface area contributed by atoms with Gasteiger partial charge in [0.2, 0.25) is 17.8 Å². The molecule has 4 aliphatic heterocycles. The van der Waals surface area contributed by atoms with Gasteiger partial charge in [0, 0.05) is 61.8 Å². The number of aromatic nitrogens is 3. The van der Waals surface area contributed by atoms with Crippen molar-refractivity contribution < 1.29 is 28.7 Å². The molecule has 2 aromatic carbocycles. The average Bonchev–Trinajstić information content (AvgIpc) is 3.59. The number of carbonyl (C=O) groups excluding carboxylic acids is 4. The molecule has 16 nitrogen and oxygen atoms in total. The molecule has 63 heavy (non-hydrogen) atoms. The van der Waals surface area contributed by atoms with E-state index in [4.69, 9.17) is 26.1 Å². The number of carbonyl (C=O) groups is 4. The molecule has 6 heterocycles. The SMILES string of the molecule is CNC(=O)COc1cc2cc(Nc3nc(N4CCC(OC5CC(N6CCC(c7ccc8c(c7)CN(C7CCC(=O)NC7=O)C8=O)CC6)C5)CC4)ncc3Cl)ccc2n(C(C)C)c1=O. The van der Waals surface area contributed by atoms with Crippen molar-refractivity contribution in [2.24, 2.45) is 0 Å². The maximum atomic E-state index is 13.2. The van der Waals surface area contributed by atoms with Crippen LogP contribution in [0.2, 0.25) is 5.02 Å². The van der Waals surface area contributed by atoms with Crippen LogP contribution in [-0.4, -0.2) is 112 Å². The predicted molar refractivity (Wildman–Crippen MR) is 238 cm³/mol. The number of amides is 4. The van der Waals surface area contributed by atoms with Gasteiger partial charge in [-0.25, -0.2) is 4.98 Å². The fourth-order valence-corrected chi connectivity index (χ4v) is 9.96. The van der Waals surface area contributed by atoms with E-state index in [2.05, 4.69) is 42.9 Å². The number of likely N-dealkylation sites (tertiary alicyclic amines) is 1. The van der Waals surface area contributed by atoms with E-state index in [1.807, 2.05) is 38.1 Å². The Morgan fingerprint density at radius 1 is 0.952 bits per heavy atom. The highest BCUT2D eigenvalue weighted by atomic mass is 35.5. The molecule has 4 fully saturated rings. The molecule has 17 heteroatoms. The summed E-state index contributed by atoms with van der Waals surface area (Å²) in [5, 5.41) is 9.36. The average molecular weight is 880 g/mol. The first-order valence-corrected chi connectivity index (χ1v) is 22.5. The van der Waals surface area contributed by atoms with E-state index in [9.17, 15) is 24.0 Å². The van der Waals surface area contributed by atoms with Crippen molar-refractivity contribution in [2.75, 3.05) is 50.1 Å². The number of hydrogen-bond acceptors (Lipinski definition) is 12. The van der Waals surface area contributed by atoms with Gasteiger partial charge in [0.15, 0.2) is 18.2 Å². The molecule has 0 radical (unpaired) electrons. The van der Waals surface area contributed by atoms with Gasteiger partial charge in [-0.2, -0.15) is 4.98 Å². The van der Waals surface area contributed by atoms with Crippen LogP contribution in [0, 0.1) is 0 Å². The zero-order valence-electron chi connectivity index (χ0n) is 35.9. The molecule has 9 rings (SSSR count). The number of imide groups is 1. The number of nitrogens with zero attached hydrogens (tertiary/aromatic N) is 6. The Balaban J connectivity index is 0.739. The van der Waals surface area contributed by atoms with Gasteiger partial charge in [-0.15, -0.1) is 0 Å². The van der Waals surface area contributed by atoms with E-state index < -0.39 is 6.04 Å². The maximum Gasteiger partial charge on any atom is 0.293 e. The summed E-state index contributed by atoms with van der Waals surface area (Å²) in [6, 6.07) is 13.3. The van der Waals surface area contributed by atoms with Crippen molar-refractivity contribution in [3.8, 4) is 5.75 Å². The van der Waals surface area contributed by atoms with E-state index in [1.54, 1.807) is 21.7 Å². The van der Waals surface area contributed by atoms with Crippen LogP contribution in [0.3, 0.4) is 0 Å². The van der Waals surface area contributed by atoms with Crippen LogP contribution in [-0.2, 0) is 25.7 Å². The minimum absolute atomic E-state index is 0.0955. The van der Waals surface area contributed by atoms with Crippen molar-refractivity contribution in [1.29, 1.82) is 0 Å². The number of halogens is 1. The van der Waals surface area contributed by atoms with Crippen LogP contribution in [0.1, 0.15) is 98.7 Å². The van der Waals surface area contributed by atoms with Crippen molar-refractivity contribution in [2.45, 2.75) is 108 Å². The molecule has 1 unspecified atom stereocenters. The fraction of sp³-hybridized carbons (Fsp3) is 0.500. The van der Waals surface area contributed by atoms with Gasteiger partial charge in [0.1, 0.15) is 11.1 Å². The molecule has 1 aliphatic carbocycles. The summed E-state index contributed by atoms with van der Waals surface area (Å²) in [6.45, 7) is 7.60. The first-order valence-electron chi connectivity index (χ1n) is 22.2. The zero-order chi connectivity index (χ0) is 43.9. The van der Waals surface area contributed by atoms with Crippen molar-refractivity contribution in [1.82, 2.24) is 35.0 Å². The second kappa shape index (κ2) is 17.9. The van der Waals surface area contributed by atoms with E-state index >= 15 is 0 Å². The Bertz CT molecular complexity index is 2490. The number of likely N-dealkylation sites (N-methyl/N-ethyl adjacent to an activating group) is 1. The lowest BCUT2D eigenvalue weighted by Crippen LogP contribution is -2.52. The van der Waals surface area contributed by atoms with Crippen molar-refractivity contribution >= 4 is 63.6 Å². The van der Waals surface area contributed by atoms with Crippen LogP contribution in [0.15, 0.2) is 53.5 Å². The molecular weight excluding hydrogens is 826 g/mol. The molecule has 4 aromatic rings. The largest absolute Gasteiger partial charge is 0.478 e. The molecular formula is C46H54ClN9O7. The summed E-state index contributed by atoms with van der Waals surface area (Å²) in [6.07, 6.45) is 8.67. The van der Waals surface area contributed by atoms with Crippen LogP contribution in [0.4, 0.5) is 17.5 Å². The lowest BCUT2D eigenvalue weighted by Gasteiger charge is -2.47. The highest BCUT2D eigenvalue weighted by molar-refractivity contribution is 6.33. The number of hydrogen-bond donors (Lipinski definition) is 3. The second-order valence-electron chi connectivity index (χ2n) is 17.7. The molecule has 3 N–H and O–H groups in total. The Hall–Kier alpha value is -5.58. The van der Waals surface area contributed by atoms with Crippen LogP contribution < -0.4 is 31.1 Å². The normalized spacial score (nSPS) is 22.3. The first-order chi connectivity index (χ1) is 30.4. The van der Waals surface area contributed by atoms with Gasteiger partial charge < -0.3 is 39.4 Å². The Morgan fingerprint density at radius 3 is 2.46 bits per heavy atom. The summed E-state index contributed by atoms with van der Waals surface area (Å²) in [5.41, 5.74) is 4.05. The third-order valence-electron chi connectivity index (χ3n) is 13.4. The first kappa shape index (κ1) is 42.7. The third kappa shape index (κ3) is 8.85. The number of pyridine rings is 1. The predicted octanol–water partition coefficient (Wildman–Crippen LogP) is 5.05. The smallest absolute Gasteiger partial charge is 0.293 e. The minimum atomic E-state index is -0.597. The van der Waals surface area contributed by atoms with E-state index in [0.717, 1.165) is 86.9 Å². The summed E-state index contributed by atoms with van der Waals surface area (Å²) >= 11 is 6.60. The van der Waals surface area contributed by atoms with Crippen LogP contribution in [0.5, 0.6) is 5.75 Å². The number of fused-ring (bicyclic) bond motifs is 2. The quantitative estimate of drug-likeness (QED) is 0.162. The van der Waals surface area contributed by atoms with Gasteiger partial charge in [-0.3, -0.25) is 29.3 Å². The minimum Gasteiger partial charge on any atom is -0.478 e. The summed E-state index contributed by atoms with van der Waals surface area (Å²) in [4.78, 5) is 78.2. The zero-order valence-corrected chi connectivity index (χ0v) is 36.7. The molecule has 1 atom stereocenters. The van der Waals surface area contributed by atoms with E-state index in [0.29, 0.717) is 47.3 Å². The van der Waals surface area contributed by atoms with Crippen LogP contribution >= 0.6 is 11.6 Å². The van der Waals surface area contributed by atoms with Gasteiger partial charge in [0.05, 0.1) is 23.9 Å². The van der Waals surface area contributed by atoms with Crippen LogP contribution in [0.25, 0.3) is 10.9 Å². The molecule has 2 aromatic heterocycles. The highest BCUT2D eigenvalue weighted by Gasteiger charge is 2.41. The fourth-order valence-electron chi connectivity index (χ4n) is 9.82.